The van der Waals surface area contributed by atoms with Crippen LogP contribution in [0.5, 0.6) is 0 Å². The summed E-state index contributed by atoms with van der Waals surface area (Å²) >= 11 is 5.86. The van der Waals surface area contributed by atoms with Crippen molar-refractivity contribution in [1.82, 2.24) is 15.2 Å². The number of benzene rings is 1. The third kappa shape index (κ3) is 6.01. The first-order chi connectivity index (χ1) is 11.5. The van der Waals surface area contributed by atoms with Crippen LogP contribution in [0.1, 0.15) is 24.6 Å². The maximum Gasteiger partial charge on any atom is 0.222 e. The third-order valence-electron chi connectivity index (χ3n) is 3.53. The first kappa shape index (κ1) is 17.9. The number of carbonyl (C=O) groups is 2. The van der Waals surface area contributed by atoms with E-state index < -0.39 is 0 Å². The Labute approximate surface area is 146 Å². The van der Waals surface area contributed by atoms with Gasteiger partial charge in [0.1, 0.15) is 0 Å². The fraction of sp³-hybridized carbons (Fsp3) is 0.278. The minimum absolute atomic E-state index is 0.0672. The molecule has 0 fully saturated rings. The van der Waals surface area contributed by atoms with Gasteiger partial charge in [0.25, 0.3) is 0 Å². The van der Waals surface area contributed by atoms with Gasteiger partial charge in [-0.15, -0.1) is 0 Å². The number of aromatic nitrogens is 1. The minimum atomic E-state index is -0.108. The molecular formula is C18H20ClN3O2. The molecule has 0 atom stereocenters. The molecule has 2 amide bonds. The molecule has 0 saturated heterocycles. The molecule has 6 heteroatoms. The van der Waals surface area contributed by atoms with E-state index >= 15 is 0 Å². The number of pyridine rings is 1. The van der Waals surface area contributed by atoms with Crippen molar-refractivity contribution < 1.29 is 9.59 Å². The van der Waals surface area contributed by atoms with Crippen molar-refractivity contribution in [2.45, 2.75) is 26.4 Å². The summed E-state index contributed by atoms with van der Waals surface area (Å²) in [5.74, 6) is -0.175. The van der Waals surface area contributed by atoms with Gasteiger partial charge in [0.2, 0.25) is 11.8 Å². The second kappa shape index (κ2) is 9.03. The summed E-state index contributed by atoms with van der Waals surface area (Å²) in [5.41, 5.74) is 1.78. The molecule has 1 heterocycles. The van der Waals surface area contributed by atoms with Gasteiger partial charge in [0, 0.05) is 37.7 Å². The molecule has 0 aliphatic rings. The van der Waals surface area contributed by atoms with Gasteiger partial charge in [-0.05, 0) is 29.8 Å². The molecule has 1 aromatic heterocycles. The zero-order valence-electron chi connectivity index (χ0n) is 13.5. The largest absolute Gasteiger partial charge is 0.350 e. The van der Waals surface area contributed by atoms with E-state index in [0.29, 0.717) is 24.7 Å². The predicted octanol–water partition coefficient (Wildman–Crippen LogP) is 2.79. The van der Waals surface area contributed by atoms with E-state index in [-0.39, 0.29) is 18.2 Å². The van der Waals surface area contributed by atoms with Gasteiger partial charge in [-0.25, -0.2) is 0 Å². The van der Waals surface area contributed by atoms with Crippen molar-refractivity contribution in [2.24, 2.45) is 0 Å². The number of rotatable bonds is 7. The molecule has 2 rings (SSSR count). The topological polar surface area (TPSA) is 62.3 Å². The Kier molecular flexibility index (Phi) is 6.75. The molecule has 24 heavy (non-hydrogen) atoms. The zero-order chi connectivity index (χ0) is 17.4. The van der Waals surface area contributed by atoms with Crippen molar-refractivity contribution in [1.29, 1.82) is 0 Å². The Balaban J connectivity index is 1.81. The van der Waals surface area contributed by atoms with E-state index in [1.807, 2.05) is 30.3 Å². The maximum absolute atomic E-state index is 11.9. The first-order valence-electron chi connectivity index (χ1n) is 7.71. The second-order valence-corrected chi connectivity index (χ2v) is 5.85. The van der Waals surface area contributed by atoms with E-state index in [0.717, 1.165) is 11.3 Å². The average Bonchev–Trinajstić information content (AvgIpc) is 2.59. The molecule has 0 unspecified atom stereocenters. The maximum atomic E-state index is 11.9. The summed E-state index contributed by atoms with van der Waals surface area (Å²) in [4.78, 5) is 29.5. The lowest BCUT2D eigenvalue weighted by Gasteiger charge is -2.21. The van der Waals surface area contributed by atoms with Gasteiger partial charge in [-0.1, -0.05) is 29.8 Å². The van der Waals surface area contributed by atoms with E-state index in [1.54, 1.807) is 23.2 Å². The molecule has 2 aromatic rings. The van der Waals surface area contributed by atoms with Crippen molar-refractivity contribution in [2.75, 3.05) is 6.54 Å². The fourth-order valence-electron chi connectivity index (χ4n) is 2.17. The quantitative estimate of drug-likeness (QED) is 0.839. The van der Waals surface area contributed by atoms with E-state index in [9.17, 15) is 9.59 Å². The lowest BCUT2D eigenvalue weighted by Crippen LogP contribution is -2.33. The molecule has 126 valence electrons. The van der Waals surface area contributed by atoms with Crippen LogP contribution in [-0.2, 0) is 22.7 Å². The summed E-state index contributed by atoms with van der Waals surface area (Å²) < 4.78 is 0. The number of hydrogen-bond acceptors (Lipinski definition) is 3. The van der Waals surface area contributed by atoms with Crippen LogP contribution in [0.2, 0.25) is 5.02 Å². The highest BCUT2D eigenvalue weighted by molar-refractivity contribution is 6.30. The SMILES string of the molecule is CC(=O)N(CCC(=O)NCc1ccccn1)Cc1ccc(Cl)cc1. The standard InChI is InChI=1S/C18H20ClN3O2/c1-14(23)22(13-15-5-7-16(19)8-6-15)11-9-18(24)21-12-17-4-2-3-10-20-17/h2-8,10H,9,11-13H2,1H3,(H,21,24). The number of nitrogens with one attached hydrogen (secondary N) is 1. The van der Waals surface area contributed by atoms with Gasteiger partial charge < -0.3 is 10.2 Å². The first-order valence-corrected chi connectivity index (χ1v) is 8.09. The van der Waals surface area contributed by atoms with Crippen molar-refractivity contribution in [3.05, 3.63) is 64.9 Å². The molecule has 0 spiro atoms. The van der Waals surface area contributed by atoms with Crippen LogP contribution in [0.3, 0.4) is 0 Å². The van der Waals surface area contributed by atoms with Gasteiger partial charge in [-0.2, -0.15) is 0 Å². The van der Waals surface area contributed by atoms with Crippen LogP contribution in [0.15, 0.2) is 48.7 Å². The highest BCUT2D eigenvalue weighted by Gasteiger charge is 2.12. The van der Waals surface area contributed by atoms with Crippen LogP contribution in [0.4, 0.5) is 0 Å². The molecule has 0 bridgehead atoms. The number of carbonyl (C=O) groups excluding carboxylic acids is 2. The highest BCUT2D eigenvalue weighted by Crippen LogP contribution is 2.12. The Hall–Kier alpha value is -2.40. The van der Waals surface area contributed by atoms with Crippen molar-refractivity contribution >= 4 is 23.4 Å². The molecule has 1 aromatic carbocycles. The van der Waals surface area contributed by atoms with E-state index in [2.05, 4.69) is 10.3 Å². The number of amides is 2. The van der Waals surface area contributed by atoms with Gasteiger partial charge in [0.15, 0.2) is 0 Å². The van der Waals surface area contributed by atoms with Crippen LogP contribution >= 0.6 is 11.6 Å². The van der Waals surface area contributed by atoms with Crippen molar-refractivity contribution in [3.8, 4) is 0 Å². The molecular weight excluding hydrogens is 326 g/mol. The average molecular weight is 346 g/mol. The fourth-order valence-corrected chi connectivity index (χ4v) is 2.30. The minimum Gasteiger partial charge on any atom is -0.350 e. The zero-order valence-corrected chi connectivity index (χ0v) is 14.3. The summed E-state index contributed by atoms with van der Waals surface area (Å²) in [6, 6.07) is 12.9. The third-order valence-corrected chi connectivity index (χ3v) is 3.79. The van der Waals surface area contributed by atoms with Crippen LogP contribution in [0.25, 0.3) is 0 Å². The predicted molar refractivity (Wildman–Crippen MR) is 93.2 cm³/mol. The number of hydrogen-bond donors (Lipinski definition) is 1. The number of halogens is 1. The van der Waals surface area contributed by atoms with Crippen LogP contribution < -0.4 is 5.32 Å². The molecule has 5 nitrogen and oxygen atoms in total. The molecule has 0 aliphatic heterocycles. The normalized spacial score (nSPS) is 10.2. The smallest absolute Gasteiger partial charge is 0.222 e. The van der Waals surface area contributed by atoms with Crippen LogP contribution in [-0.4, -0.2) is 28.2 Å². The molecule has 0 saturated carbocycles. The Bertz CT molecular complexity index is 674. The van der Waals surface area contributed by atoms with Crippen LogP contribution in [0, 0.1) is 0 Å². The van der Waals surface area contributed by atoms with E-state index in [4.69, 9.17) is 11.6 Å². The van der Waals surface area contributed by atoms with Crippen molar-refractivity contribution in [3.63, 3.8) is 0 Å². The number of nitrogens with zero attached hydrogens (tertiary/aromatic N) is 2. The molecule has 1 N–H and O–H groups in total. The Morgan fingerprint density at radius 2 is 1.92 bits per heavy atom. The Morgan fingerprint density at radius 3 is 2.54 bits per heavy atom. The van der Waals surface area contributed by atoms with Gasteiger partial charge in [0.05, 0.1) is 12.2 Å². The highest BCUT2D eigenvalue weighted by atomic mass is 35.5. The van der Waals surface area contributed by atoms with Gasteiger partial charge >= 0.3 is 0 Å². The van der Waals surface area contributed by atoms with E-state index in [1.165, 1.54) is 6.92 Å². The van der Waals surface area contributed by atoms with Gasteiger partial charge in [-0.3, -0.25) is 14.6 Å². The summed E-state index contributed by atoms with van der Waals surface area (Å²) in [5, 5.41) is 3.46. The lowest BCUT2D eigenvalue weighted by molar-refractivity contribution is -0.130. The summed E-state index contributed by atoms with van der Waals surface area (Å²) in [7, 11) is 0. The molecule has 0 aliphatic carbocycles. The second-order valence-electron chi connectivity index (χ2n) is 5.41. The summed E-state index contributed by atoms with van der Waals surface area (Å²) in [6.45, 7) is 2.71. The lowest BCUT2D eigenvalue weighted by atomic mass is 10.2. The molecule has 0 radical (unpaired) electrons. The summed E-state index contributed by atoms with van der Waals surface area (Å²) in [6.07, 6.45) is 1.94. The monoisotopic (exact) mass is 345 g/mol. The Morgan fingerprint density at radius 1 is 1.17 bits per heavy atom.